The fourth-order valence-electron chi connectivity index (χ4n) is 1.96. The zero-order valence-electron chi connectivity index (χ0n) is 11.6. The summed E-state index contributed by atoms with van der Waals surface area (Å²) in [6.45, 7) is 2.63. The van der Waals surface area contributed by atoms with Crippen LogP contribution in [-0.2, 0) is 6.42 Å². The van der Waals surface area contributed by atoms with Gasteiger partial charge in [0, 0.05) is 17.0 Å². The smallest absolute Gasteiger partial charge is 0.226 e. The van der Waals surface area contributed by atoms with E-state index < -0.39 is 0 Å². The van der Waals surface area contributed by atoms with E-state index in [4.69, 9.17) is 9.95 Å². The summed E-state index contributed by atoms with van der Waals surface area (Å²) in [4.78, 5) is 7.23. The van der Waals surface area contributed by atoms with Crippen LogP contribution in [0.2, 0.25) is 0 Å². The van der Waals surface area contributed by atoms with Crippen molar-refractivity contribution >= 4 is 0 Å². The molecule has 0 fully saturated rings. The minimum atomic E-state index is 0.573. The predicted octanol–water partition coefficient (Wildman–Crippen LogP) is 4.67. The lowest BCUT2D eigenvalue weighted by Crippen LogP contribution is -1.88. The molecule has 2 aromatic rings. The Kier molecular flexibility index (Phi) is 5.21. The molecule has 0 amide bonds. The molecule has 2 rings (SSSR count). The van der Waals surface area contributed by atoms with Gasteiger partial charge in [-0.15, -0.1) is 0 Å². The Morgan fingerprint density at radius 3 is 2.75 bits per heavy atom. The molecule has 0 unspecified atom stereocenters. The summed E-state index contributed by atoms with van der Waals surface area (Å²) in [6, 6.07) is 8.14. The lowest BCUT2D eigenvalue weighted by atomic mass is 10.1. The van der Waals surface area contributed by atoms with Crippen LogP contribution in [-0.4, -0.2) is 11.5 Å². The maximum Gasteiger partial charge on any atom is 0.226 e. The first-order valence-electron chi connectivity index (χ1n) is 6.82. The molecule has 0 saturated carbocycles. The largest absolute Gasteiger partial charge is 0.444 e. The number of rotatable bonds is 7. The molecule has 1 aromatic heterocycles. The zero-order chi connectivity index (χ0) is 14.2. The van der Waals surface area contributed by atoms with Crippen molar-refractivity contribution in [3.05, 3.63) is 52.2 Å². The number of benzene rings is 1. The van der Waals surface area contributed by atoms with Gasteiger partial charge >= 0.3 is 0 Å². The molecule has 0 spiro atoms. The molecule has 5 nitrogen and oxygen atoms in total. The highest BCUT2D eigenvalue weighted by Crippen LogP contribution is 2.19. The standard InChI is InChI=1S/C15H18N4O/c1-12-6-8-13(9-7-12)15-18-14(11-20-15)5-3-2-4-10-17-19-16/h6-9,11H,2-5,10H2,1H3. The summed E-state index contributed by atoms with van der Waals surface area (Å²) in [5.41, 5.74) is 11.4. The molecule has 0 atom stereocenters. The molecule has 0 aliphatic heterocycles. The molecule has 0 radical (unpaired) electrons. The fraction of sp³-hybridized carbons (Fsp3) is 0.400. The first kappa shape index (κ1) is 14.2. The number of aryl methyl sites for hydroxylation is 2. The van der Waals surface area contributed by atoms with E-state index in [0.717, 1.165) is 36.9 Å². The van der Waals surface area contributed by atoms with Crippen LogP contribution in [0.15, 0.2) is 40.1 Å². The average molecular weight is 270 g/mol. The molecular formula is C15H18N4O. The SMILES string of the molecule is Cc1ccc(-c2nc(CCCCCN=[N+]=[N-])co2)cc1. The maximum absolute atomic E-state index is 8.16. The molecule has 104 valence electrons. The van der Waals surface area contributed by atoms with Gasteiger partial charge in [0.05, 0.1) is 5.69 Å². The highest BCUT2D eigenvalue weighted by atomic mass is 16.3. The Bertz CT molecular complexity index is 582. The van der Waals surface area contributed by atoms with Crippen LogP contribution in [0.25, 0.3) is 21.9 Å². The predicted molar refractivity (Wildman–Crippen MR) is 78.2 cm³/mol. The van der Waals surface area contributed by atoms with Crippen LogP contribution in [0, 0.1) is 6.92 Å². The number of nitrogens with zero attached hydrogens (tertiary/aromatic N) is 4. The monoisotopic (exact) mass is 270 g/mol. The summed E-state index contributed by atoms with van der Waals surface area (Å²) < 4.78 is 5.51. The van der Waals surface area contributed by atoms with Crippen molar-refractivity contribution in [3.63, 3.8) is 0 Å². The molecule has 0 bridgehead atoms. The summed E-state index contributed by atoms with van der Waals surface area (Å²) in [7, 11) is 0. The summed E-state index contributed by atoms with van der Waals surface area (Å²) >= 11 is 0. The van der Waals surface area contributed by atoms with Crippen molar-refractivity contribution in [2.45, 2.75) is 32.6 Å². The molecular weight excluding hydrogens is 252 g/mol. The van der Waals surface area contributed by atoms with E-state index in [9.17, 15) is 0 Å². The van der Waals surface area contributed by atoms with Gasteiger partial charge in [-0.1, -0.05) is 29.2 Å². The zero-order valence-corrected chi connectivity index (χ0v) is 11.6. The topological polar surface area (TPSA) is 74.8 Å². The number of unbranched alkanes of at least 4 members (excludes halogenated alkanes) is 2. The van der Waals surface area contributed by atoms with Crippen LogP contribution >= 0.6 is 0 Å². The fourth-order valence-corrected chi connectivity index (χ4v) is 1.96. The number of hydrogen-bond donors (Lipinski definition) is 0. The van der Waals surface area contributed by atoms with Crippen LogP contribution in [0.4, 0.5) is 0 Å². The van der Waals surface area contributed by atoms with Gasteiger partial charge < -0.3 is 4.42 Å². The van der Waals surface area contributed by atoms with E-state index in [1.807, 2.05) is 12.1 Å². The average Bonchev–Trinajstić information content (AvgIpc) is 2.92. The molecule has 0 saturated heterocycles. The van der Waals surface area contributed by atoms with Crippen LogP contribution in [0.3, 0.4) is 0 Å². The molecule has 5 heteroatoms. The van der Waals surface area contributed by atoms with E-state index in [1.54, 1.807) is 6.26 Å². The second-order valence-electron chi connectivity index (χ2n) is 4.78. The Labute approximate surface area is 118 Å². The van der Waals surface area contributed by atoms with Gasteiger partial charge in [0.15, 0.2) is 0 Å². The van der Waals surface area contributed by atoms with Crippen molar-refractivity contribution in [3.8, 4) is 11.5 Å². The summed E-state index contributed by atoms with van der Waals surface area (Å²) in [6.07, 6.45) is 5.60. The van der Waals surface area contributed by atoms with Crippen LogP contribution in [0.1, 0.15) is 30.5 Å². The Hall–Kier alpha value is -2.26. The molecule has 0 N–H and O–H groups in total. The van der Waals surface area contributed by atoms with Crippen molar-refractivity contribution < 1.29 is 4.42 Å². The molecule has 1 heterocycles. The van der Waals surface area contributed by atoms with Crippen molar-refractivity contribution in [2.24, 2.45) is 5.11 Å². The Balaban J connectivity index is 1.83. The molecule has 1 aromatic carbocycles. The lowest BCUT2D eigenvalue weighted by molar-refractivity contribution is 0.571. The maximum atomic E-state index is 8.16. The van der Waals surface area contributed by atoms with Crippen LogP contribution < -0.4 is 0 Å². The third-order valence-electron chi connectivity index (χ3n) is 3.10. The van der Waals surface area contributed by atoms with E-state index in [2.05, 4.69) is 34.1 Å². The van der Waals surface area contributed by atoms with Crippen molar-refractivity contribution in [1.82, 2.24) is 4.98 Å². The van der Waals surface area contributed by atoms with Gasteiger partial charge in [0.25, 0.3) is 0 Å². The summed E-state index contributed by atoms with van der Waals surface area (Å²) in [5, 5.41) is 3.51. The number of oxazole rings is 1. The van der Waals surface area contributed by atoms with Gasteiger partial charge in [-0.2, -0.15) is 0 Å². The summed E-state index contributed by atoms with van der Waals surface area (Å²) in [5.74, 6) is 0.675. The second-order valence-corrected chi connectivity index (χ2v) is 4.78. The molecule has 20 heavy (non-hydrogen) atoms. The third kappa shape index (κ3) is 4.14. The van der Waals surface area contributed by atoms with Gasteiger partial charge in [-0.3, -0.25) is 0 Å². The highest BCUT2D eigenvalue weighted by molar-refractivity contribution is 5.53. The van der Waals surface area contributed by atoms with E-state index >= 15 is 0 Å². The van der Waals surface area contributed by atoms with Gasteiger partial charge in [0.1, 0.15) is 6.26 Å². The van der Waals surface area contributed by atoms with Gasteiger partial charge in [-0.05, 0) is 43.9 Å². The second kappa shape index (κ2) is 7.36. The van der Waals surface area contributed by atoms with E-state index in [1.165, 1.54) is 5.56 Å². The highest BCUT2D eigenvalue weighted by Gasteiger charge is 2.06. The number of hydrogen-bond acceptors (Lipinski definition) is 3. The molecule has 0 aliphatic carbocycles. The Morgan fingerprint density at radius 2 is 2.00 bits per heavy atom. The lowest BCUT2D eigenvalue weighted by Gasteiger charge is -1.96. The van der Waals surface area contributed by atoms with Gasteiger partial charge in [0.2, 0.25) is 5.89 Å². The Morgan fingerprint density at radius 1 is 1.20 bits per heavy atom. The van der Waals surface area contributed by atoms with E-state index in [-0.39, 0.29) is 0 Å². The van der Waals surface area contributed by atoms with Crippen molar-refractivity contribution in [1.29, 1.82) is 0 Å². The normalized spacial score (nSPS) is 10.2. The van der Waals surface area contributed by atoms with Crippen molar-refractivity contribution in [2.75, 3.05) is 6.54 Å². The van der Waals surface area contributed by atoms with E-state index in [0.29, 0.717) is 12.4 Å². The molecule has 0 aliphatic rings. The van der Waals surface area contributed by atoms with Gasteiger partial charge in [-0.25, -0.2) is 4.98 Å². The minimum absolute atomic E-state index is 0.573. The number of aromatic nitrogens is 1. The number of azide groups is 1. The first-order chi connectivity index (χ1) is 9.79. The minimum Gasteiger partial charge on any atom is -0.444 e. The first-order valence-corrected chi connectivity index (χ1v) is 6.82. The van der Waals surface area contributed by atoms with Crippen LogP contribution in [0.5, 0.6) is 0 Å². The third-order valence-corrected chi connectivity index (χ3v) is 3.10. The quantitative estimate of drug-likeness (QED) is 0.317.